The van der Waals surface area contributed by atoms with Crippen molar-refractivity contribution in [2.45, 2.75) is 38.6 Å². The fourth-order valence-electron chi connectivity index (χ4n) is 2.86. The van der Waals surface area contributed by atoms with E-state index >= 15 is 0 Å². The lowest BCUT2D eigenvalue weighted by Gasteiger charge is -2.26. The van der Waals surface area contributed by atoms with Crippen molar-refractivity contribution in [1.29, 1.82) is 0 Å². The molecule has 0 spiro atoms. The Morgan fingerprint density at radius 2 is 1.92 bits per heavy atom. The first-order valence-corrected chi connectivity index (χ1v) is 9.67. The zero-order chi connectivity index (χ0) is 17.7. The molecule has 142 valence electrons. The number of hydrogen-bond acceptors (Lipinski definition) is 5. The molecule has 0 atom stereocenters. The molecule has 7 nitrogen and oxygen atoms in total. The van der Waals surface area contributed by atoms with Crippen LogP contribution in [0.2, 0.25) is 0 Å². The third kappa shape index (κ3) is 6.72. The molecule has 9 heteroatoms. The summed E-state index contributed by atoms with van der Waals surface area (Å²) in [4.78, 5) is 12.0. The molecule has 1 saturated carbocycles. The largest absolute Gasteiger partial charge is 0.495 e. The normalized spacial score (nSPS) is 20.4. The number of amides is 1. The van der Waals surface area contributed by atoms with Crippen LogP contribution in [-0.4, -0.2) is 33.2 Å². The number of rotatable bonds is 6. The summed E-state index contributed by atoms with van der Waals surface area (Å²) in [5.41, 5.74) is 6.56. The summed E-state index contributed by atoms with van der Waals surface area (Å²) in [6.07, 6.45) is 3.64. The van der Waals surface area contributed by atoms with Gasteiger partial charge in [-0.1, -0.05) is 6.92 Å². The van der Waals surface area contributed by atoms with Gasteiger partial charge in [0.05, 0.1) is 12.8 Å². The van der Waals surface area contributed by atoms with Crippen molar-refractivity contribution in [3.8, 4) is 5.75 Å². The van der Waals surface area contributed by atoms with Crippen LogP contribution in [-0.2, 0) is 14.8 Å². The lowest BCUT2D eigenvalue weighted by Crippen LogP contribution is -2.41. The molecule has 1 aromatic rings. The van der Waals surface area contributed by atoms with E-state index in [1.807, 2.05) is 0 Å². The highest BCUT2D eigenvalue weighted by atomic mass is 35.5. The Hall–Kier alpha value is -1.51. The molecule has 0 heterocycles. The molecular formula is C16H26ClN3O4S. The number of nitrogens with one attached hydrogen (secondary N) is 2. The summed E-state index contributed by atoms with van der Waals surface area (Å²) in [6.45, 7) is 2.17. The van der Waals surface area contributed by atoms with E-state index in [9.17, 15) is 13.2 Å². The molecule has 1 aromatic carbocycles. The number of halogens is 1. The molecule has 0 aromatic heterocycles. The standard InChI is InChI=1S/C16H25N3O4S.ClH/c1-11-3-5-12(6-4-11)19-24(21,22)10-16(20)18-13-7-8-15(23-2)14(17)9-13;/h7-9,11-12,19H,3-6,10,17H2,1-2H3,(H,18,20);1H. The molecule has 1 aliphatic carbocycles. The van der Waals surface area contributed by atoms with Crippen molar-refractivity contribution in [2.24, 2.45) is 5.92 Å². The lowest BCUT2D eigenvalue weighted by atomic mass is 9.88. The van der Waals surface area contributed by atoms with E-state index in [0.717, 1.165) is 25.7 Å². The fraction of sp³-hybridized carbons (Fsp3) is 0.562. The maximum atomic E-state index is 12.1. The highest BCUT2D eigenvalue weighted by molar-refractivity contribution is 7.90. The third-order valence-electron chi connectivity index (χ3n) is 4.20. The smallest absolute Gasteiger partial charge is 0.240 e. The first-order valence-electron chi connectivity index (χ1n) is 8.02. The number of ether oxygens (including phenoxy) is 1. The number of methoxy groups -OCH3 is 1. The molecule has 2 rings (SSSR count). The summed E-state index contributed by atoms with van der Waals surface area (Å²) < 4.78 is 31.9. The molecule has 1 fully saturated rings. The summed E-state index contributed by atoms with van der Waals surface area (Å²) in [6, 6.07) is 4.67. The van der Waals surface area contributed by atoms with E-state index in [1.165, 1.54) is 13.2 Å². The molecule has 25 heavy (non-hydrogen) atoms. The molecule has 4 N–H and O–H groups in total. The van der Waals surface area contributed by atoms with Gasteiger partial charge >= 0.3 is 0 Å². The van der Waals surface area contributed by atoms with Crippen LogP contribution in [0.5, 0.6) is 5.75 Å². The first-order chi connectivity index (χ1) is 11.3. The minimum Gasteiger partial charge on any atom is -0.495 e. The molecule has 1 aliphatic rings. The first kappa shape index (κ1) is 21.5. The number of sulfonamides is 1. The van der Waals surface area contributed by atoms with Gasteiger partial charge in [-0.15, -0.1) is 12.4 Å². The maximum absolute atomic E-state index is 12.1. The Kier molecular flexibility index (Phi) is 7.98. The van der Waals surface area contributed by atoms with Crippen LogP contribution >= 0.6 is 12.4 Å². The quantitative estimate of drug-likeness (QED) is 0.643. The van der Waals surface area contributed by atoms with Crippen LogP contribution in [0.25, 0.3) is 0 Å². The van der Waals surface area contributed by atoms with E-state index in [0.29, 0.717) is 23.0 Å². The number of anilines is 2. The minimum atomic E-state index is -3.66. The Morgan fingerprint density at radius 3 is 2.48 bits per heavy atom. The van der Waals surface area contributed by atoms with Crippen LogP contribution < -0.4 is 20.5 Å². The van der Waals surface area contributed by atoms with Gasteiger partial charge in [-0.05, 0) is 49.8 Å². The second kappa shape index (κ2) is 9.26. The van der Waals surface area contributed by atoms with Gasteiger partial charge in [-0.25, -0.2) is 13.1 Å². The monoisotopic (exact) mass is 391 g/mol. The number of benzene rings is 1. The molecule has 0 saturated heterocycles. The van der Waals surface area contributed by atoms with Gasteiger partial charge < -0.3 is 15.8 Å². The SMILES string of the molecule is COc1ccc(NC(=O)CS(=O)(=O)NC2CCC(C)CC2)cc1N.Cl. The van der Waals surface area contributed by atoms with E-state index in [1.54, 1.807) is 12.1 Å². The van der Waals surface area contributed by atoms with Crippen LogP contribution in [0.3, 0.4) is 0 Å². The Morgan fingerprint density at radius 1 is 1.28 bits per heavy atom. The number of nitrogens with two attached hydrogens (primary N) is 1. The van der Waals surface area contributed by atoms with E-state index in [4.69, 9.17) is 10.5 Å². The summed E-state index contributed by atoms with van der Waals surface area (Å²) in [5, 5.41) is 2.54. The lowest BCUT2D eigenvalue weighted by molar-refractivity contribution is -0.113. The van der Waals surface area contributed by atoms with Gasteiger partial charge in [0, 0.05) is 11.7 Å². The van der Waals surface area contributed by atoms with Gasteiger partial charge in [0.25, 0.3) is 0 Å². The second-order valence-corrected chi connectivity index (χ2v) is 8.09. The summed E-state index contributed by atoms with van der Waals surface area (Å²) in [7, 11) is -2.16. The highest BCUT2D eigenvalue weighted by Gasteiger charge is 2.24. The number of nitrogen functional groups attached to an aromatic ring is 1. The molecule has 0 unspecified atom stereocenters. The van der Waals surface area contributed by atoms with Crippen LogP contribution in [0.15, 0.2) is 18.2 Å². The van der Waals surface area contributed by atoms with Crippen molar-refractivity contribution in [3.63, 3.8) is 0 Å². The molecule has 0 radical (unpaired) electrons. The third-order valence-corrected chi connectivity index (χ3v) is 5.53. The average Bonchev–Trinajstić information content (AvgIpc) is 2.49. The Balaban J connectivity index is 0.00000312. The van der Waals surface area contributed by atoms with Gasteiger partial charge in [0.1, 0.15) is 11.5 Å². The van der Waals surface area contributed by atoms with Gasteiger partial charge in [-0.2, -0.15) is 0 Å². The number of carbonyl (C=O) groups excluding carboxylic acids is 1. The van der Waals surface area contributed by atoms with E-state index in [-0.39, 0.29) is 18.4 Å². The summed E-state index contributed by atoms with van der Waals surface area (Å²) >= 11 is 0. The zero-order valence-electron chi connectivity index (χ0n) is 14.4. The average molecular weight is 392 g/mol. The highest BCUT2D eigenvalue weighted by Crippen LogP contribution is 2.25. The molecular weight excluding hydrogens is 366 g/mol. The van der Waals surface area contributed by atoms with Crippen molar-refractivity contribution < 1.29 is 17.9 Å². The van der Waals surface area contributed by atoms with Crippen molar-refractivity contribution >= 4 is 39.7 Å². The topological polar surface area (TPSA) is 111 Å². The maximum Gasteiger partial charge on any atom is 0.240 e. The Labute approximate surface area is 155 Å². The van der Waals surface area contributed by atoms with Gasteiger partial charge in [0.2, 0.25) is 15.9 Å². The van der Waals surface area contributed by atoms with Crippen LogP contribution in [0.4, 0.5) is 11.4 Å². The van der Waals surface area contributed by atoms with Gasteiger partial charge in [0.15, 0.2) is 0 Å². The summed E-state index contributed by atoms with van der Waals surface area (Å²) in [5.74, 6) is -0.0787. The van der Waals surface area contributed by atoms with Crippen molar-refractivity contribution in [2.75, 3.05) is 23.9 Å². The van der Waals surface area contributed by atoms with E-state index in [2.05, 4.69) is 17.0 Å². The predicted molar refractivity (Wildman–Crippen MR) is 102 cm³/mol. The predicted octanol–water partition coefficient (Wildman–Crippen LogP) is 2.14. The van der Waals surface area contributed by atoms with Gasteiger partial charge in [-0.3, -0.25) is 4.79 Å². The van der Waals surface area contributed by atoms with Crippen molar-refractivity contribution in [1.82, 2.24) is 4.72 Å². The zero-order valence-corrected chi connectivity index (χ0v) is 16.1. The number of carbonyl (C=O) groups is 1. The van der Waals surface area contributed by atoms with Crippen LogP contribution in [0.1, 0.15) is 32.6 Å². The molecule has 0 aliphatic heterocycles. The minimum absolute atomic E-state index is 0. The Bertz CT molecular complexity index is 689. The van der Waals surface area contributed by atoms with E-state index < -0.39 is 21.7 Å². The van der Waals surface area contributed by atoms with Crippen molar-refractivity contribution in [3.05, 3.63) is 18.2 Å². The second-order valence-electron chi connectivity index (χ2n) is 6.34. The molecule has 0 bridgehead atoms. The fourth-order valence-corrected chi connectivity index (χ4v) is 4.10. The molecule has 1 amide bonds. The van der Waals surface area contributed by atoms with Crippen LogP contribution in [0, 0.1) is 5.92 Å². The number of hydrogen-bond donors (Lipinski definition) is 3.